The van der Waals surface area contributed by atoms with Crippen molar-refractivity contribution in [3.05, 3.63) is 24.2 Å². The van der Waals surface area contributed by atoms with Crippen molar-refractivity contribution in [1.82, 2.24) is 5.32 Å². The van der Waals surface area contributed by atoms with Gasteiger partial charge < -0.3 is 19.2 Å². The van der Waals surface area contributed by atoms with Crippen LogP contribution in [-0.2, 0) is 9.47 Å². The van der Waals surface area contributed by atoms with E-state index in [1.165, 1.54) is 12.5 Å². The van der Waals surface area contributed by atoms with Gasteiger partial charge in [-0.2, -0.15) is 0 Å². The van der Waals surface area contributed by atoms with Crippen molar-refractivity contribution in [3.8, 4) is 0 Å². The van der Waals surface area contributed by atoms with Gasteiger partial charge in [-0.15, -0.1) is 0 Å². The number of amides is 1. The molecule has 2 aliphatic rings. The van der Waals surface area contributed by atoms with Crippen molar-refractivity contribution in [2.45, 2.75) is 37.5 Å². The van der Waals surface area contributed by atoms with Crippen LogP contribution in [0.5, 0.6) is 0 Å². The summed E-state index contributed by atoms with van der Waals surface area (Å²) in [6.07, 6.45) is 6.01. The molecule has 0 bridgehead atoms. The van der Waals surface area contributed by atoms with Crippen LogP contribution in [0.4, 0.5) is 0 Å². The number of furan rings is 1. The maximum absolute atomic E-state index is 11.9. The van der Waals surface area contributed by atoms with Crippen LogP contribution in [0, 0.1) is 0 Å². The van der Waals surface area contributed by atoms with Gasteiger partial charge in [0.05, 0.1) is 37.2 Å². The van der Waals surface area contributed by atoms with E-state index in [2.05, 4.69) is 5.32 Å². The lowest BCUT2D eigenvalue weighted by molar-refractivity contribution is -0.157. The van der Waals surface area contributed by atoms with E-state index in [1.54, 1.807) is 6.07 Å². The number of hydrogen-bond donors (Lipinski definition) is 1. The molecule has 2 fully saturated rings. The SMILES string of the molecule is O=C(N[C@@H]1CC[C@@H]2OCCO[C@H]2C1)c1ccoc1. The van der Waals surface area contributed by atoms with Crippen LogP contribution in [0.3, 0.4) is 0 Å². The molecule has 1 aliphatic carbocycles. The topological polar surface area (TPSA) is 60.7 Å². The third-order valence-electron chi connectivity index (χ3n) is 3.60. The van der Waals surface area contributed by atoms with Gasteiger partial charge in [0.2, 0.25) is 0 Å². The molecule has 1 aromatic heterocycles. The van der Waals surface area contributed by atoms with Crippen LogP contribution >= 0.6 is 0 Å². The maximum atomic E-state index is 11.9. The fourth-order valence-corrected chi connectivity index (χ4v) is 2.66. The van der Waals surface area contributed by atoms with Crippen molar-refractivity contribution in [2.75, 3.05) is 13.2 Å². The van der Waals surface area contributed by atoms with Gasteiger partial charge in [-0.1, -0.05) is 0 Å². The van der Waals surface area contributed by atoms with Crippen molar-refractivity contribution < 1.29 is 18.7 Å². The summed E-state index contributed by atoms with van der Waals surface area (Å²) >= 11 is 0. The van der Waals surface area contributed by atoms with Crippen molar-refractivity contribution in [2.24, 2.45) is 0 Å². The number of hydrogen-bond acceptors (Lipinski definition) is 4. The zero-order valence-electron chi connectivity index (χ0n) is 10.1. The Hall–Kier alpha value is -1.33. The van der Waals surface area contributed by atoms with E-state index in [0.717, 1.165) is 19.3 Å². The molecule has 0 unspecified atom stereocenters. The molecule has 0 radical (unpaired) electrons. The highest BCUT2D eigenvalue weighted by molar-refractivity contribution is 5.93. The minimum absolute atomic E-state index is 0.0797. The zero-order chi connectivity index (χ0) is 12.4. The average Bonchev–Trinajstić information content (AvgIpc) is 2.92. The molecule has 1 saturated heterocycles. The number of carbonyl (C=O) groups excluding carboxylic acids is 1. The van der Waals surface area contributed by atoms with E-state index in [0.29, 0.717) is 18.8 Å². The number of nitrogens with one attached hydrogen (secondary N) is 1. The van der Waals surface area contributed by atoms with Crippen molar-refractivity contribution in [3.63, 3.8) is 0 Å². The third-order valence-corrected chi connectivity index (χ3v) is 3.60. The molecule has 1 N–H and O–H groups in total. The Kier molecular flexibility index (Phi) is 3.34. The van der Waals surface area contributed by atoms with Gasteiger partial charge in [-0.25, -0.2) is 0 Å². The van der Waals surface area contributed by atoms with E-state index < -0.39 is 0 Å². The third kappa shape index (κ3) is 2.42. The lowest BCUT2D eigenvalue weighted by Crippen LogP contribution is -2.49. The van der Waals surface area contributed by atoms with Gasteiger partial charge >= 0.3 is 0 Å². The number of fused-ring (bicyclic) bond motifs is 1. The van der Waals surface area contributed by atoms with Crippen LogP contribution in [0.15, 0.2) is 23.0 Å². The normalized spacial score (nSPS) is 31.7. The van der Waals surface area contributed by atoms with Gasteiger partial charge in [-0.05, 0) is 25.3 Å². The predicted molar refractivity (Wildman–Crippen MR) is 63.3 cm³/mol. The maximum Gasteiger partial charge on any atom is 0.254 e. The zero-order valence-corrected chi connectivity index (χ0v) is 10.1. The quantitative estimate of drug-likeness (QED) is 0.861. The van der Waals surface area contributed by atoms with E-state index in [9.17, 15) is 4.79 Å². The van der Waals surface area contributed by atoms with Gasteiger partial charge in [0, 0.05) is 6.04 Å². The number of carbonyl (C=O) groups is 1. The summed E-state index contributed by atoms with van der Waals surface area (Å²) in [7, 11) is 0. The fraction of sp³-hybridized carbons (Fsp3) is 0.615. The Morgan fingerprint density at radius 3 is 2.83 bits per heavy atom. The Labute approximate surface area is 105 Å². The minimum Gasteiger partial charge on any atom is -0.472 e. The Morgan fingerprint density at radius 2 is 2.06 bits per heavy atom. The summed E-state index contributed by atoms with van der Waals surface area (Å²) in [4.78, 5) is 11.9. The molecule has 5 heteroatoms. The second-order valence-corrected chi connectivity index (χ2v) is 4.81. The van der Waals surface area contributed by atoms with Crippen molar-refractivity contribution >= 4 is 5.91 Å². The van der Waals surface area contributed by atoms with Crippen LogP contribution < -0.4 is 5.32 Å². The largest absolute Gasteiger partial charge is 0.472 e. The van der Waals surface area contributed by atoms with Crippen LogP contribution in [0.25, 0.3) is 0 Å². The van der Waals surface area contributed by atoms with Gasteiger partial charge in [0.1, 0.15) is 6.26 Å². The summed E-state index contributed by atoms with van der Waals surface area (Å²) in [5.41, 5.74) is 0.568. The van der Waals surface area contributed by atoms with Crippen molar-refractivity contribution in [1.29, 1.82) is 0 Å². The van der Waals surface area contributed by atoms with Crippen LogP contribution in [0.2, 0.25) is 0 Å². The monoisotopic (exact) mass is 251 g/mol. The molecular formula is C13H17NO4. The highest BCUT2D eigenvalue weighted by Crippen LogP contribution is 2.26. The molecule has 1 aromatic rings. The molecular weight excluding hydrogens is 234 g/mol. The molecule has 1 saturated carbocycles. The number of rotatable bonds is 2. The Balaban J connectivity index is 1.56. The molecule has 5 nitrogen and oxygen atoms in total. The number of ether oxygens (including phenoxy) is 2. The molecule has 0 aromatic carbocycles. The molecule has 1 amide bonds. The highest BCUT2D eigenvalue weighted by atomic mass is 16.6. The highest BCUT2D eigenvalue weighted by Gasteiger charge is 2.34. The summed E-state index contributed by atoms with van der Waals surface area (Å²) in [5.74, 6) is -0.0797. The lowest BCUT2D eigenvalue weighted by atomic mass is 9.89. The Bertz CT molecular complexity index is 403. The molecule has 2 heterocycles. The first-order valence-electron chi connectivity index (χ1n) is 6.39. The minimum atomic E-state index is -0.0797. The molecule has 98 valence electrons. The van der Waals surface area contributed by atoms with E-state index in [1.807, 2.05) is 0 Å². The average molecular weight is 251 g/mol. The molecule has 1 aliphatic heterocycles. The summed E-state index contributed by atoms with van der Waals surface area (Å²) in [6.45, 7) is 1.34. The van der Waals surface area contributed by atoms with Gasteiger partial charge in [0.15, 0.2) is 0 Å². The summed E-state index contributed by atoms with van der Waals surface area (Å²) in [5, 5.41) is 3.02. The smallest absolute Gasteiger partial charge is 0.254 e. The van der Waals surface area contributed by atoms with E-state index >= 15 is 0 Å². The van der Waals surface area contributed by atoms with E-state index in [4.69, 9.17) is 13.9 Å². The van der Waals surface area contributed by atoms with Crippen LogP contribution in [-0.4, -0.2) is 37.4 Å². The first-order valence-corrected chi connectivity index (χ1v) is 6.39. The molecule has 3 rings (SSSR count). The van der Waals surface area contributed by atoms with Crippen LogP contribution in [0.1, 0.15) is 29.6 Å². The second-order valence-electron chi connectivity index (χ2n) is 4.81. The standard InChI is InChI=1S/C13H17NO4/c15-13(9-3-4-16-8-9)14-10-1-2-11-12(7-10)18-6-5-17-11/h3-4,8,10-12H,1-2,5-7H2,(H,14,15)/t10-,11+,12+/m1/s1. The molecule has 0 spiro atoms. The first kappa shape index (κ1) is 11.7. The fourth-order valence-electron chi connectivity index (χ4n) is 2.66. The lowest BCUT2D eigenvalue weighted by Gasteiger charge is -2.39. The summed E-state index contributed by atoms with van der Waals surface area (Å²) in [6, 6.07) is 1.83. The summed E-state index contributed by atoms with van der Waals surface area (Å²) < 4.78 is 16.2. The molecule has 18 heavy (non-hydrogen) atoms. The Morgan fingerprint density at radius 1 is 1.22 bits per heavy atom. The van der Waals surface area contributed by atoms with E-state index in [-0.39, 0.29) is 24.2 Å². The predicted octanol–water partition coefficient (Wildman–Crippen LogP) is 1.35. The molecule has 3 atom stereocenters. The van der Waals surface area contributed by atoms with Gasteiger partial charge in [-0.3, -0.25) is 4.79 Å². The second kappa shape index (κ2) is 5.12. The van der Waals surface area contributed by atoms with Gasteiger partial charge in [0.25, 0.3) is 5.91 Å². The first-order chi connectivity index (χ1) is 8.83.